The van der Waals surface area contributed by atoms with Crippen LogP contribution in [-0.4, -0.2) is 60.6 Å². The van der Waals surface area contributed by atoms with Gasteiger partial charge in [0, 0.05) is 44.3 Å². The zero-order valence-corrected chi connectivity index (χ0v) is 14.3. The van der Waals surface area contributed by atoms with Gasteiger partial charge in [-0.2, -0.15) is 0 Å². The molecular weight excluding hydrogens is 246 g/mol. The summed E-state index contributed by atoms with van der Waals surface area (Å²) in [6.07, 6.45) is 4.06. The molecule has 1 N–H and O–H groups in total. The van der Waals surface area contributed by atoms with Gasteiger partial charge >= 0.3 is 0 Å². The smallest absolute Gasteiger partial charge is 0.0255 e. The lowest BCUT2D eigenvalue weighted by atomic mass is 9.72. The first kappa shape index (κ1) is 16.3. The Balaban J connectivity index is 1.97. The van der Waals surface area contributed by atoms with Gasteiger partial charge in [0.1, 0.15) is 0 Å². The number of rotatable bonds is 4. The van der Waals surface area contributed by atoms with E-state index < -0.39 is 0 Å². The maximum atomic E-state index is 3.75. The van der Waals surface area contributed by atoms with Crippen molar-refractivity contribution in [2.75, 3.05) is 32.7 Å². The third kappa shape index (κ3) is 3.96. The first-order valence-electron chi connectivity index (χ1n) is 8.64. The summed E-state index contributed by atoms with van der Waals surface area (Å²) in [5.74, 6) is 0. The third-order valence-electron chi connectivity index (χ3n) is 5.37. The van der Waals surface area contributed by atoms with Crippen LogP contribution in [0.5, 0.6) is 0 Å². The lowest BCUT2D eigenvalue weighted by molar-refractivity contribution is 0.0218. The molecule has 2 fully saturated rings. The van der Waals surface area contributed by atoms with E-state index in [0.717, 1.165) is 12.6 Å². The molecule has 1 saturated heterocycles. The van der Waals surface area contributed by atoms with Crippen LogP contribution in [0.15, 0.2) is 0 Å². The van der Waals surface area contributed by atoms with Gasteiger partial charge in [-0.15, -0.1) is 0 Å². The maximum Gasteiger partial charge on any atom is 0.0255 e. The van der Waals surface area contributed by atoms with Crippen molar-refractivity contribution >= 4 is 0 Å². The van der Waals surface area contributed by atoms with E-state index in [0.29, 0.717) is 17.5 Å². The van der Waals surface area contributed by atoms with Crippen LogP contribution < -0.4 is 5.32 Å². The molecular formula is C17H35N3. The van der Waals surface area contributed by atoms with E-state index in [1.807, 2.05) is 0 Å². The van der Waals surface area contributed by atoms with Crippen molar-refractivity contribution in [1.29, 1.82) is 0 Å². The molecule has 1 aliphatic heterocycles. The van der Waals surface area contributed by atoms with Crippen molar-refractivity contribution in [2.45, 2.75) is 72.0 Å². The molecule has 3 heteroatoms. The first-order chi connectivity index (χ1) is 9.43. The second-order valence-electron chi connectivity index (χ2n) is 7.80. The van der Waals surface area contributed by atoms with Gasteiger partial charge < -0.3 is 5.32 Å². The molecule has 0 aromatic rings. The van der Waals surface area contributed by atoms with Crippen LogP contribution in [0, 0.1) is 5.41 Å². The molecule has 2 aliphatic rings. The summed E-state index contributed by atoms with van der Waals surface area (Å²) in [4.78, 5) is 5.39. The summed E-state index contributed by atoms with van der Waals surface area (Å²) in [6, 6.07) is 2.15. The van der Waals surface area contributed by atoms with Crippen molar-refractivity contribution in [1.82, 2.24) is 15.1 Å². The maximum absolute atomic E-state index is 3.75. The number of nitrogens with one attached hydrogen (secondary N) is 1. The van der Waals surface area contributed by atoms with E-state index in [4.69, 9.17) is 0 Å². The van der Waals surface area contributed by atoms with E-state index >= 15 is 0 Å². The molecule has 0 spiro atoms. The average Bonchev–Trinajstić information content (AvgIpc) is 2.41. The van der Waals surface area contributed by atoms with E-state index in [-0.39, 0.29) is 0 Å². The predicted octanol–water partition coefficient (Wildman–Crippen LogP) is 2.57. The highest BCUT2D eigenvalue weighted by atomic mass is 15.3. The first-order valence-corrected chi connectivity index (χ1v) is 8.64. The molecule has 2 rings (SSSR count). The molecule has 118 valence electrons. The van der Waals surface area contributed by atoms with Gasteiger partial charge in [0.05, 0.1) is 0 Å². The molecule has 0 aromatic carbocycles. The van der Waals surface area contributed by atoms with Gasteiger partial charge in [0.15, 0.2) is 0 Å². The Morgan fingerprint density at radius 2 is 1.80 bits per heavy atom. The number of nitrogens with zero attached hydrogens (tertiary/aromatic N) is 2. The van der Waals surface area contributed by atoms with Crippen LogP contribution >= 0.6 is 0 Å². The Bertz CT molecular complexity index is 293. The van der Waals surface area contributed by atoms with Gasteiger partial charge in [-0.25, -0.2) is 0 Å². The van der Waals surface area contributed by atoms with Gasteiger partial charge in [0.2, 0.25) is 0 Å². The van der Waals surface area contributed by atoms with Gasteiger partial charge in [-0.05, 0) is 45.1 Å². The largest absolute Gasteiger partial charge is 0.313 e. The van der Waals surface area contributed by atoms with Crippen LogP contribution in [0.2, 0.25) is 0 Å². The Morgan fingerprint density at radius 3 is 2.35 bits per heavy atom. The van der Waals surface area contributed by atoms with Crippen LogP contribution in [0.1, 0.15) is 53.9 Å². The van der Waals surface area contributed by atoms with E-state index in [2.05, 4.69) is 49.7 Å². The average molecular weight is 281 g/mol. The number of hydrogen-bond donors (Lipinski definition) is 1. The highest BCUT2D eigenvalue weighted by Crippen LogP contribution is 2.37. The van der Waals surface area contributed by atoms with Gasteiger partial charge in [-0.3, -0.25) is 9.80 Å². The molecule has 1 aliphatic carbocycles. The minimum Gasteiger partial charge on any atom is -0.313 e. The predicted molar refractivity (Wildman–Crippen MR) is 87.2 cm³/mol. The van der Waals surface area contributed by atoms with Crippen molar-refractivity contribution in [3.63, 3.8) is 0 Å². The minimum atomic E-state index is 0.520. The second-order valence-corrected chi connectivity index (χ2v) is 7.80. The SMILES string of the molecule is CCNC1CCC(C)(C)CC1N1CCN(C(C)C)CC1. The molecule has 20 heavy (non-hydrogen) atoms. The lowest BCUT2D eigenvalue weighted by Gasteiger charge is -2.49. The summed E-state index contributed by atoms with van der Waals surface area (Å²) >= 11 is 0. The second kappa shape index (κ2) is 6.76. The Labute approximate surface area is 126 Å². The summed E-state index contributed by atoms with van der Waals surface area (Å²) in [5, 5.41) is 3.75. The molecule has 0 bridgehead atoms. The molecule has 0 aromatic heterocycles. The van der Waals surface area contributed by atoms with Crippen molar-refractivity contribution in [3.8, 4) is 0 Å². The zero-order valence-electron chi connectivity index (χ0n) is 14.3. The summed E-state index contributed by atoms with van der Waals surface area (Å²) in [7, 11) is 0. The van der Waals surface area contributed by atoms with E-state index in [9.17, 15) is 0 Å². The molecule has 2 atom stereocenters. The van der Waals surface area contributed by atoms with Crippen LogP contribution in [-0.2, 0) is 0 Å². The topological polar surface area (TPSA) is 18.5 Å². The summed E-state index contributed by atoms with van der Waals surface area (Å²) < 4.78 is 0. The van der Waals surface area contributed by atoms with Crippen molar-refractivity contribution in [2.24, 2.45) is 5.41 Å². The third-order valence-corrected chi connectivity index (χ3v) is 5.37. The Morgan fingerprint density at radius 1 is 1.15 bits per heavy atom. The molecule has 3 nitrogen and oxygen atoms in total. The van der Waals surface area contributed by atoms with Crippen LogP contribution in [0.4, 0.5) is 0 Å². The fraction of sp³-hybridized carbons (Fsp3) is 1.00. The van der Waals surface area contributed by atoms with Crippen molar-refractivity contribution < 1.29 is 0 Å². The fourth-order valence-electron chi connectivity index (χ4n) is 4.02. The van der Waals surface area contributed by atoms with Gasteiger partial charge in [0.25, 0.3) is 0 Å². The highest BCUT2D eigenvalue weighted by molar-refractivity contribution is 4.95. The van der Waals surface area contributed by atoms with Crippen molar-refractivity contribution in [3.05, 3.63) is 0 Å². The number of likely N-dealkylation sites (N-methyl/N-ethyl adjacent to an activating group) is 1. The number of hydrogen-bond acceptors (Lipinski definition) is 3. The van der Waals surface area contributed by atoms with Crippen LogP contribution in [0.25, 0.3) is 0 Å². The minimum absolute atomic E-state index is 0.520. The van der Waals surface area contributed by atoms with Gasteiger partial charge in [-0.1, -0.05) is 20.8 Å². The molecule has 1 saturated carbocycles. The molecule has 1 heterocycles. The lowest BCUT2D eigenvalue weighted by Crippen LogP contribution is -2.60. The highest BCUT2D eigenvalue weighted by Gasteiger charge is 2.38. The standard InChI is InChI=1S/C17H35N3/c1-6-18-15-7-8-17(4,5)13-16(15)20-11-9-19(10-12-20)14(2)3/h14-16,18H,6-13H2,1-5H3. The zero-order chi connectivity index (χ0) is 14.8. The summed E-state index contributed by atoms with van der Waals surface area (Å²) in [6.45, 7) is 17.9. The molecule has 0 amide bonds. The van der Waals surface area contributed by atoms with E-state index in [1.165, 1.54) is 45.4 Å². The normalized spacial score (nSPS) is 32.7. The monoisotopic (exact) mass is 281 g/mol. The fourth-order valence-corrected chi connectivity index (χ4v) is 4.02. The van der Waals surface area contributed by atoms with E-state index in [1.54, 1.807) is 0 Å². The quantitative estimate of drug-likeness (QED) is 0.854. The summed E-state index contributed by atoms with van der Waals surface area (Å²) in [5.41, 5.74) is 0.520. The Kier molecular flexibility index (Phi) is 5.49. The molecule has 0 radical (unpaired) electrons. The Hall–Kier alpha value is -0.120. The van der Waals surface area contributed by atoms with Crippen LogP contribution in [0.3, 0.4) is 0 Å². The molecule has 2 unspecified atom stereocenters. The number of piperazine rings is 1.